The van der Waals surface area contributed by atoms with E-state index in [-0.39, 0.29) is 55.5 Å². The van der Waals surface area contributed by atoms with Gasteiger partial charge in [-0.3, -0.25) is 14.4 Å². The van der Waals surface area contributed by atoms with Crippen molar-refractivity contribution in [2.45, 2.75) is 88.3 Å². The number of alkyl halides is 3. The van der Waals surface area contributed by atoms with Crippen LogP contribution in [0.15, 0.2) is 42.5 Å². The van der Waals surface area contributed by atoms with Crippen LogP contribution in [0.5, 0.6) is 0 Å². The summed E-state index contributed by atoms with van der Waals surface area (Å²) in [6, 6.07) is 7.43. The number of nitrogens with two attached hydrogens (primary N) is 3. The SMILES string of the molecule is CC1(C)OB(O)c2cc(NC(=O)[C@@H](CCc3ccc(C(F)(F)F)cc3)NC(=O)[C@@H](N)CCC(=O)N3C4CCC3[C@H](CN)[C@@H]4CN)ccc21. The van der Waals surface area contributed by atoms with Gasteiger partial charge in [-0.25, -0.2) is 0 Å². The van der Waals surface area contributed by atoms with Gasteiger partial charge in [-0.1, -0.05) is 18.2 Å². The van der Waals surface area contributed by atoms with Crippen LogP contribution in [-0.2, 0) is 37.2 Å². The molecule has 0 saturated carbocycles. The van der Waals surface area contributed by atoms with E-state index in [0.717, 1.165) is 30.5 Å². The molecular formula is C33H44BF3N6O5. The fourth-order valence-electron chi connectivity index (χ4n) is 7.60. The Kier molecular flexibility index (Phi) is 10.6. The molecule has 15 heteroatoms. The van der Waals surface area contributed by atoms with Crippen LogP contribution in [0.2, 0.25) is 0 Å². The van der Waals surface area contributed by atoms with Crippen molar-refractivity contribution in [2.24, 2.45) is 29.0 Å². The van der Waals surface area contributed by atoms with Gasteiger partial charge in [0.1, 0.15) is 6.04 Å². The second-order valence-corrected chi connectivity index (χ2v) is 13.5. The first-order chi connectivity index (χ1) is 22.6. The number of anilines is 1. The van der Waals surface area contributed by atoms with Crippen LogP contribution in [-0.4, -0.2) is 72.0 Å². The van der Waals surface area contributed by atoms with Crippen LogP contribution >= 0.6 is 0 Å². The Morgan fingerprint density at radius 1 is 1.02 bits per heavy atom. The van der Waals surface area contributed by atoms with Gasteiger partial charge in [-0.2, -0.15) is 13.2 Å². The van der Waals surface area contributed by atoms with Crippen LogP contribution < -0.4 is 33.3 Å². The molecule has 0 spiro atoms. The summed E-state index contributed by atoms with van der Waals surface area (Å²) in [6.45, 7) is 4.52. The minimum Gasteiger partial charge on any atom is -0.423 e. The molecule has 2 aromatic rings. The van der Waals surface area contributed by atoms with Gasteiger partial charge >= 0.3 is 13.3 Å². The molecule has 0 aliphatic carbocycles. The number of nitrogens with one attached hydrogen (secondary N) is 2. The van der Waals surface area contributed by atoms with E-state index in [1.54, 1.807) is 18.2 Å². The van der Waals surface area contributed by atoms with Gasteiger partial charge in [0.25, 0.3) is 0 Å². The van der Waals surface area contributed by atoms with Crippen molar-refractivity contribution in [2.75, 3.05) is 18.4 Å². The Labute approximate surface area is 278 Å². The summed E-state index contributed by atoms with van der Waals surface area (Å²) < 4.78 is 44.8. The number of halogens is 3. The van der Waals surface area contributed by atoms with Crippen molar-refractivity contribution >= 4 is 36.0 Å². The molecule has 3 aliphatic heterocycles. The molecule has 5 rings (SSSR count). The third kappa shape index (κ3) is 7.40. The van der Waals surface area contributed by atoms with Gasteiger partial charge in [-0.05, 0) is 112 Å². The molecule has 2 saturated heterocycles. The third-order valence-corrected chi connectivity index (χ3v) is 10.1. The number of rotatable bonds is 12. The summed E-state index contributed by atoms with van der Waals surface area (Å²) >= 11 is 0. The lowest BCUT2D eigenvalue weighted by molar-refractivity contribution is -0.137. The Hall–Kier alpha value is -3.50. The highest BCUT2D eigenvalue weighted by Gasteiger charge is 2.53. The van der Waals surface area contributed by atoms with Gasteiger partial charge < -0.3 is 42.4 Å². The van der Waals surface area contributed by atoms with Crippen LogP contribution in [0.3, 0.4) is 0 Å². The summed E-state index contributed by atoms with van der Waals surface area (Å²) in [6.07, 6.45) is -2.44. The van der Waals surface area contributed by atoms with Gasteiger partial charge in [0.05, 0.1) is 17.2 Å². The van der Waals surface area contributed by atoms with E-state index in [9.17, 15) is 32.6 Å². The number of amides is 3. The summed E-state index contributed by atoms with van der Waals surface area (Å²) in [5, 5.41) is 15.8. The summed E-state index contributed by atoms with van der Waals surface area (Å²) in [5.74, 6) is -1.04. The fourth-order valence-corrected chi connectivity index (χ4v) is 7.60. The van der Waals surface area contributed by atoms with E-state index in [2.05, 4.69) is 10.6 Å². The molecule has 48 heavy (non-hydrogen) atoms. The monoisotopic (exact) mass is 672 g/mol. The standard InChI is InChI=1S/C33H44BF3N6O5/c1-32(2)23-9-8-20(15-24(23)34(47)48-32)41-31(46)26(11-5-18-3-6-19(7-4-18)33(35,36)37)42-30(45)25(40)10-14-29(44)43-27-12-13-28(43)22(17-39)21(27)16-38/h3-4,6-9,15,21-22,25-28,47H,5,10-14,16-17,38-40H2,1-2H3,(H,41,46)(H,42,45)/t21-,22+,25-,26+,27?,28?/m0/s1. The van der Waals surface area contributed by atoms with E-state index in [1.165, 1.54) is 12.1 Å². The second kappa shape index (κ2) is 14.2. The maximum absolute atomic E-state index is 13.5. The zero-order valence-electron chi connectivity index (χ0n) is 27.1. The number of aryl methyl sites for hydroxylation is 1. The van der Waals surface area contributed by atoms with E-state index in [0.29, 0.717) is 29.8 Å². The van der Waals surface area contributed by atoms with Crippen molar-refractivity contribution in [3.05, 3.63) is 59.2 Å². The van der Waals surface area contributed by atoms with Crippen molar-refractivity contribution in [3.63, 3.8) is 0 Å². The maximum atomic E-state index is 13.5. The molecule has 3 amide bonds. The van der Waals surface area contributed by atoms with Crippen molar-refractivity contribution < 1.29 is 37.2 Å². The van der Waals surface area contributed by atoms with Crippen LogP contribution in [0.25, 0.3) is 0 Å². The normalized spacial score (nSPS) is 23.9. The predicted molar refractivity (Wildman–Crippen MR) is 174 cm³/mol. The fraction of sp³-hybridized carbons (Fsp3) is 0.545. The lowest BCUT2D eigenvalue weighted by Gasteiger charge is -2.25. The van der Waals surface area contributed by atoms with Gasteiger partial charge in [-0.15, -0.1) is 0 Å². The number of hydrogen-bond donors (Lipinski definition) is 6. The Morgan fingerprint density at radius 2 is 1.65 bits per heavy atom. The van der Waals surface area contributed by atoms with E-state index in [1.807, 2.05) is 18.7 Å². The Bertz CT molecular complexity index is 1490. The molecule has 3 aliphatic rings. The Balaban J connectivity index is 1.24. The van der Waals surface area contributed by atoms with Crippen LogP contribution in [0, 0.1) is 11.8 Å². The maximum Gasteiger partial charge on any atom is 0.492 e. The highest BCUT2D eigenvalue weighted by atomic mass is 19.4. The molecule has 6 atom stereocenters. The van der Waals surface area contributed by atoms with E-state index >= 15 is 0 Å². The minimum absolute atomic E-state index is 0.0299. The molecule has 2 fully saturated rings. The molecule has 0 radical (unpaired) electrons. The van der Waals surface area contributed by atoms with Gasteiger partial charge in [0, 0.05) is 24.2 Å². The zero-order chi connectivity index (χ0) is 35.0. The molecule has 2 aromatic carbocycles. The number of benzene rings is 2. The van der Waals surface area contributed by atoms with Crippen LogP contribution in [0.4, 0.5) is 18.9 Å². The first kappa shape index (κ1) is 35.8. The first-order valence-corrected chi connectivity index (χ1v) is 16.4. The summed E-state index contributed by atoms with van der Waals surface area (Å²) in [7, 11) is -1.18. The number of carbonyl (C=O) groups is 3. The average Bonchev–Trinajstić information content (AvgIpc) is 3.67. The Morgan fingerprint density at radius 3 is 2.23 bits per heavy atom. The number of hydrogen-bond acceptors (Lipinski definition) is 8. The number of nitrogens with zero attached hydrogens (tertiary/aromatic N) is 1. The molecule has 2 unspecified atom stereocenters. The summed E-state index contributed by atoms with van der Waals surface area (Å²) in [5.41, 5.74) is 18.9. The van der Waals surface area contributed by atoms with Crippen LogP contribution in [0.1, 0.15) is 62.6 Å². The number of fused-ring (bicyclic) bond motifs is 3. The van der Waals surface area contributed by atoms with E-state index < -0.39 is 48.4 Å². The average molecular weight is 673 g/mol. The summed E-state index contributed by atoms with van der Waals surface area (Å²) in [4.78, 5) is 42.0. The molecule has 2 bridgehead atoms. The highest BCUT2D eigenvalue weighted by Crippen LogP contribution is 2.45. The molecule has 260 valence electrons. The van der Waals surface area contributed by atoms with Crippen molar-refractivity contribution in [3.8, 4) is 0 Å². The second-order valence-electron chi connectivity index (χ2n) is 13.5. The molecule has 3 heterocycles. The van der Waals surface area contributed by atoms with Gasteiger partial charge in [0.15, 0.2) is 0 Å². The van der Waals surface area contributed by atoms with Crippen molar-refractivity contribution in [1.29, 1.82) is 0 Å². The molecule has 0 aromatic heterocycles. The third-order valence-electron chi connectivity index (χ3n) is 10.1. The van der Waals surface area contributed by atoms with Gasteiger partial charge in [0.2, 0.25) is 17.7 Å². The smallest absolute Gasteiger partial charge is 0.423 e. The minimum atomic E-state index is -4.48. The first-order valence-electron chi connectivity index (χ1n) is 16.4. The lowest BCUT2D eigenvalue weighted by Crippen LogP contribution is -2.50. The molecular weight excluding hydrogens is 628 g/mol. The van der Waals surface area contributed by atoms with E-state index in [4.69, 9.17) is 21.9 Å². The molecule has 11 nitrogen and oxygen atoms in total. The predicted octanol–water partition coefficient (Wildman–Crippen LogP) is 1.34. The largest absolute Gasteiger partial charge is 0.492 e. The quantitative estimate of drug-likeness (QED) is 0.183. The lowest BCUT2D eigenvalue weighted by atomic mass is 9.78. The van der Waals surface area contributed by atoms with Crippen molar-refractivity contribution in [1.82, 2.24) is 10.2 Å². The molecule has 9 N–H and O–H groups in total. The highest BCUT2D eigenvalue weighted by molar-refractivity contribution is 6.62. The topological polar surface area (TPSA) is 186 Å². The zero-order valence-corrected chi connectivity index (χ0v) is 27.1. The number of carbonyl (C=O) groups excluding carboxylic acids is 3.